The molecule has 0 aliphatic heterocycles. The van der Waals surface area contributed by atoms with E-state index in [9.17, 15) is 4.79 Å². The lowest BCUT2D eigenvalue weighted by Gasteiger charge is -2.12. The van der Waals surface area contributed by atoms with E-state index < -0.39 is 0 Å². The van der Waals surface area contributed by atoms with E-state index >= 15 is 0 Å². The number of nitrogens with one attached hydrogen (secondary N) is 1. The Hall–Kier alpha value is -3.06. The van der Waals surface area contributed by atoms with Crippen LogP contribution in [0.2, 0.25) is 0 Å². The lowest BCUT2D eigenvalue weighted by molar-refractivity contribution is -0.116. The molecule has 0 bridgehead atoms. The molecule has 0 radical (unpaired) electrons. The minimum atomic E-state index is -0.0798. The standard InChI is InChI=1S/C20H24N4O3/c1-14(21)6-9-20(25)23-15-7-8-17(26-2)18(11-15)27-13-16-12-24-10-4-3-5-19(24)22-16/h3-5,7-8,10-12,14H,6,9,13,21H2,1-2H3,(H,23,25). The highest BCUT2D eigenvalue weighted by Gasteiger charge is 2.10. The number of pyridine rings is 1. The Morgan fingerprint density at radius 2 is 2.15 bits per heavy atom. The number of carbonyl (C=O) groups is 1. The molecule has 142 valence electrons. The zero-order valence-electron chi connectivity index (χ0n) is 15.5. The minimum absolute atomic E-state index is 0.00376. The molecule has 1 atom stereocenters. The van der Waals surface area contributed by atoms with Crippen molar-refractivity contribution in [2.75, 3.05) is 12.4 Å². The highest BCUT2D eigenvalue weighted by molar-refractivity contribution is 5.91. The molecule has 1 amide bonds. The molecular weight excluding hydrogens is 344 g/mol. The van der Waals surface area contributed by atoms with Crippen LogP contribution in [0.25, 0.3) is 5.65 Å². The number of aromatic nitrogens is 2. The fourth-order valence-electron chi connectivity index (χ4n) is 2.66. The Morgan fingerprint density at radius 3 is 2.89 bits per heavy atom. The monoisotopic (exact) mass is 368 g/mol. The zero-order valence-corrected chi connectivity index (χ0v) is 15.5. The van der Waals surface area contributed by atoms with E-state index in [0.29, 0.717) is 36.6 Å². The maximum atomic E-state index is 12.0. The molecule has 2 aromatic heterocycles. The van der Waals surface area contributed by atoms with Crippen LogP contribution >= 0.6 is 0 Å². The van der Waals surface area contributed by atoms with Gasteiger partial charge in [-0.25, -0.2) is 4.98 Å². The molecular formula is C20H24N4O3. The number of methoxy groups -OCH3 is 1. The summed E-state index contributed by atoms with van der Waals surface area (Å²) in [5.41, 5.74) is 8.00. The van der Waals surface area contributed by atoms with Gasteiger partial charge >= 0.3 is 0 Å². The van der Waals surface area contributed by atoms with E-state index in [1.54, 1.807) is 25.3 Å². The number of rotatable bonds is 8. The fraction of sp³-hybridized carbons (Fsp3) is 0.300. The van der Waals surface area contributed by atoms with Gasteiger partial charge < -0.3 is 24.9 Å². The lowest BCUT2D eigenvalue weighted by Crippen LogP contribution is -2.19. The van der Waals surface area contributed by atoms with Crippen molar-refractivity contribution >= 4 is 17.2 Å². The molecule has 3 aromatic rings. The predicted octanol–water partition coefficient (Wildman–Crippen LogP) is 2.99. The van der Waals surface area contributed by atoms with Gasteiger partial charge in [-0.2, -0.15) is 0 Å². The van der Waals surface area contributed by atoms with Crippen molar-refractivity contribution in [1.29, 1.82) is 0 Å². The van der Waals surface area contributed by atoms with Crippen molar-refractivity contribution in [2.45, 2.75) is 32.4 Å². The van der Waals surface area contributed by atoms with E-state index in [-0.39, 0.29) is 11.9 Å². The number of amides is 1. The van der Waals surface area contributed by atoms with Crippen LogP contribution in [0, 0.1) is 0 Å². The van der Waals surface area contributed by atoms with Crippen LogP contribution in [-0.2, 0) is 11.4 Å². The van der Waals surface area contributed by atoms with Gasteiger partial charge in [0.05, 0.1) is 12.8 Å². The summed E-state index contributed by atoms with van der Waals surface area (Å²) in [6.07, 6.45) is 4.87. The number of nitrogens with two attached hydrogens (primary N) is 1. The average molecular weight is 368 g/mol. The van der Waals surface area contributed by atoms with E-state index in [0.717, 1.165) is 11.3 Å². The van der Waals surface area contributed by atoms with E-state index in [4.69, 9.17) is 15.2 Å². The van der Waals surface area contributed by atoms with Gasteiger partial charge in [-0.1, -0.05) is 6.07 Å². The maximum absolute atomic E-state index is 12.0. The van der Waals surface area contributed by atoms with Crippen molar-refractivity contribution in [3.05, 3.63) is 54.5 Å². The molecule has 0 aliphatic carbocycles. The second-order valence-corrected chi connectivity index (χ2v) is 6.42. The Kier molecular flexibility index (Phi) is 5.93. The number of hydrogen-bond donors (Lipinski definition) is 2. The van der Waals surface area contributed by atoms with Gasteiger partial charge in [0.2, 0.25) is 5.91 Å². The third-order valence-electron chi connectivity index (χ3n) is 4.06. The van der Waals surface area contributed by atoms with E-state index in [1.165, 1.54) is 0 Å². The van der Waals surface area contributed by atoms with Crippen molar-refractivity contribution in [2.24, 2.45) is 5.73 Å². The van der Waals surface area contributed by atoms with Gasteiger partial charge in [0, 0.05) is 36.6 Å². The van der Waals surface area contributed by atoms with Crippen molar-refractivity contribution in [1.82, 2.24) is 9.38 Å². The number of benzene rings is 1. The third kappa shape index (κ3) is 4.98. The van der Waals surface area contributed by atoms with Gasteiger partial charge in [0.1, 0.15) is 12.3 Å². The van der Waals surface area contributed by atoms with Crippen LogP contribution in [0.5, 0.6) is 11.5 Å². The van der Waals surface area contributed by atoms with Crippen molar-refractivity contribution in [3.8, 4) is 11.5 Å². The normalized spacial score (nSPS) is 12.0. The summed E-state index contributed by atoms with van der Waals surface area (Å²) in [5.74, 6) is 1.05. The van der Waals surface area contributed by atoms with Crippen molar-refractivity contribution in [3.63, 3.8) is 0 Å². The molecule has 0 fully saturated rings. The lowest BCUT2D eigenvalue weighted by atomic mass is 10.2. The highest BCUT2D eigenvalue weighted by atomic mass is 16.5. The number of ether oxygens (including phenoxy) is 2. The topological polar surface area (TPSA) is 90.9 Å². The van der Waals surface area contributed by atoms with Gasteiger partial charge in [-0.05, 0) is 37.6 Å². The SMILES string of the molecule is COc1ccc(NC(=O)CCC(C)N)cc1OCc1cn2ccccc2n1. The highest BCUT2D eigenvalue weighted by Crippen LogP contribution is 2.31. The molecule has 7 nitrogen and oxygen atoms in total. The molecule has 1 aromatic carbocycles. The van der Waals surface area contributed by atoms with Gasteiger partial charge in [0.25, 0.3) is 0 Å². The summed E-state index contributed by atoms with van der Waals surface area (Å²) in [7, 11) is 1.58. The van der Waals surface area contributed by atoms with Crippen molar-refractivity contribution < 1.29 is 14.3 Å². The first kappa shape index (κ1) is 18.7. The van der Waals surface area contributed by atoms with Gasteiger partial charge in [-0.3, -0.25) is 4.79 Å². The van der Waals surface area contributed by atoms with Crippen LogP contribution in [0.15, 0.2) is 48.8 Å². The summed E-state index contributed by atoms with van der Waals surface area (Å²) in [6, 6.07) is 11.1. The smallest absolute Gasteiger partial charge is 0.224 e. The molecule has 7 heteroatoms. The van der Waals surface area contributed by atoms with E-state index in [1.807, 2.05) is 41.9 Å². The van der Waals surface area contributed by atoms with Crippen LogP contribution in [-0.4, -0.2) is 28.4 Å². The maximum Gasteiger partial charge on any atom is 0.224 e. The fourth-order valence-corrected chi connectivity index (χ4v) is 2.66. The molecule has 0 saturated heterocycles. The van der Waals surface area contributed by atoms with Gasteiger partial charge in [-0.15, -0.1) is 0 Å². The Bertz CT molecular complexity index is 887. The summed E-state index contributed by atoms with van der Waals surface area (Å²) in [6.45, 7) is 2.17. The van der Waals surface area contributed by atoms with Crippen LogP contribution < -0.4 is 20.5 Å². The predicted molar refractivity (Wildman–Crippen MR) is 104 cm³/mol. The first-order chi connectivity index (χ1) is 13.0. The third-order valence-corrected chi connectivity index (χ3v) is 4.06. The first-order valence-electron chi connectivity index (χ1n) is 8.84. The summed E-state index contributed by atoms with van der Waals surface area (Å²) in [4.78, 5) is 16.5. The first-order valence-corrected chi connectivity index (χ1v) is 8.84. The minimum Gasteiger partial charge on any atom is -0.493 e. The summed E-state index contributed by atoms with van der Waals surface area (Å²) in [5, 5.41) is 2.86. The Labute approximate surface area is 158 Å². The van der Waals surface area contributed by atoms with Crippen LogP contribution in [0.4, 0.5) is 5.69 Å². The quantitative estimate of drug-likeness (QED) is 0.638. The number of imidazole rings is 1. The number of hydrogen-bond acceptors (Lipinski definition) is 5. The molecule has 0 spiro atoms. The molecule has 27 heavy (non-hydrogen) atoms. The molecule has 3 N–H and O–H groups in total. The van der Waals surface area contributed by atoms with Gasteiger partial charge in [0.15, 0.2) is 11.5 Å². The van der Waals surface area contributed by atoms with E-state index in [2.05, 4.69) is 10.3 Å². The molecule has 0 aliphatic rings. The molecule has 0 saturated carbocycles. The summed E-state index contributed by atoms with van der Waals surface area (Å²) >= 11 is 0. The largest absolute Gasteiger partial charge is 0.493 e. The number of fused-ring (bicyclic) bond motifs is 1. The second kappa shape index (κ2) is 8.55. The molecule has 2 heterocycles. The molecule has 1 unspecified atom stereocenters. The average Bonchev–Trinajstić information content (AvgIpc) is 3.08. The Balaban J connectivity index is 1.68. The second-order valence-electron chi connectivity index (χ2n) is 6.42. The summed E-state index contributed by atoms with van der Waals surface area (Å²) < 4.78 is 13.2. The zero-order chi connectivity index (χ0) is 19.2. The Morgan fingerprint density at radius 1 is 1.30 bits per heavy atom. The number of anilines is 1. The number of nitrogens with zero attached hydrogens (tertiary/aromatic N) is 2. The number of carbonyl (C=O) groups excluding carboxylic acids is 1. The molecule has 3 rings (SSSR count). The van der Waals surface area contributed by atoms with Crippen LogP contribution in [0.1, 0.15) is 25.5 Å². The van der Waals surface area contributed by atoms with Crippen LogP contribution in [0.3, 0.4) is 0 Å².